The number of carbonyl (C=O) groups is 1. The van der Waals surface area contributed by atoms with Gasteiger partial charge in [-0.25, -0.2) is 0 Å². The largest absolute Gasteiger partial charge is 0.451 e. The highest BCUT2D eigenvalue weighted by atomic mass is 35.5. The van der Waals surface area contributed by atoms with Crippen LogP contribution in [-0.2, 0) is 6.54 Å². The SMILES string of the molecule is O=C(c1ccc(-c2c(Cl)cccc2Cl)o1)N1C[C@H]2C[C@H](C1)c1cccc(=O)n1C2. The Morgan fingerprint density at radius 3 is 2.52 bits per heavy atom. The molecule has 0 aliphatic carbocycles. The summed E-state index contributed by atoms with van der Waals surface area (Å²) < 4.78 is 7.69. The van der Waals surface area contributed by atoms with Gasteiger partial charge in [-0.3, -0.25) is 9.59 Å². The van der Waals surface area contributed by atoms with E-state index in [9.17, 15) is 9.59 Å². The topological polar surface area (TPSA) is 55.5 Å². The highest BCUT2D eigenvalue weighted by Gasteiger charge is 2.37. The lowest BCUT2D eigenvalue weighted by Crippen LogP contribution is -2.49. The average Bonchev–Trinajstić information content (AvgIpc) is 3.18. The summed E-state index contributed by atoms with van der Waals surface area (Å²) in [5, 5.41) is 0.945. The molecule has 29 heavy (non-hydrogen) atoms. The first-order valence-corrected chi connectivity index (χ1v) is 10.3. The van der Waals surface area contributed by atoms with Crippen molar-refractivity contribution in [3.05, 3.63) is 80.4 Å². The number of fused-ring (bicyclic) bond motifs is 4. The molecule has 0 unspecified atom stereocenters. The van der Waals surface area contributed by atoms with Crippen molar-refractivity contribution in [1.29, 1.82) is 0 Å². The van der Waals surface area contributed by atoms with E-state index in [1.54, 1.807) is 42.5 Å². The number of amides is 1. The molecule has 0 radical (unpaired) electrons. The maximum absolute atomic E-state index is 13.1. The molecule has 1 amide bonds. The lowest BCUT2D eigenvalue weighted by Gasteiger charge is -2.42. The van der Waals surface area contributed by atoms with Crippen molar-refractivity contribution < 1.29 is 9.21 Å². The van der Waals surface area contributed by atoms with Gasteiger partial charge in [0.2, 0.25) is 0 Å². The van der Waals surface area contributed by atoms with Crippen LogP contribution in [0.1, 0.15) is 28.6 Å². The van der Waals surface area contributed by atoms with Crippen LogP contribution in [0.5, 0.6) is 0 Å². The van der Waals surface area contributed by atoms with Gasteiger partial charge in [-0.1, -0.05) is 35.3 Å². The zero-order chi connectivity index (χ0) is 20.1. The third kappa shape index (κ3) is 3.18. The second-order valence-corrected chi connectivity index (χ2v) is 8.48. The monoisotopic (exact) mass is 428 g/mol. The molecule has 5 nitrogen and oxygen atoms in total. The molecule has 2 aliphatic heterocycles. The van der Waals surface area contributed by atoms with Gasteiger partial charge in [-0.15, -0.1) is 0 Å². The van der Waals surface area contributed by atoms with Crippen LogP contribution in [0.15, 0.2) is 57.7 Å². The Labute approximate surface area is 177 Å². The number of rotatable bonds is 2. The van der Waals surface area contributed by atoms with Crippen LogP contribution in [0.25, 0.3) is 11.3 Å². The fourth-order valence-electron chi connectivity index (χ4n) is 4.54. The van der Waals surface area contributed by atoms with E-state index in [2.05, 4.69) is 0 Å². The summed E-state index contributed by atoms with van der Waals surface area (Å²) in [7, 11) is 0. The molecule has 148 valence electrons. The maximum atomic E-state index is 13.1. The van der Waals surface area contributed by atoms with E-state index < -0.39 is 0 Å². The number of furan rings is 1. The van der Waals surface area contributed by atoms with Crippen molar-refractivity contribution in [1.82, 2.24) is 9.47 Å². The van der Waals surface area contributed by atoms with Crippen molar-refractivity contribution in [2.75, 3.05) is 13.1 Å². The van der Waals surface area contributed by atoms with E-state index in [0.29, 0.717) is 41.0 Å². The summed E-state index contributed by atoms with van der Waals surface area (Å²) in [5.41, 5.74) is 1.62. The predicted octanol–water partition coefficient (Wildman–Crippen LogP) is 4.67. The molecule has 1 fully saturated rings. The number of hydrogen-bond donors (Lipinski definition) is 0. The number of likely N-dealkylation sites (tertiary alicyclic amines) is 1. The van der Waals surface area contributed by atoms with Crippen molar-refractivity contribution in [2.45, 2.75) is 18.9 Å². The minimum absolute atomic E-state index is 0.0317. The number of aromatic nitrogens is 1. The third-order valence-corrected chi connectivity index (χ3v) is 6.42. The van der Waals surface area contributed by atoms with Crippen LogP contribution < -0.4 is 5.56 Å². The molecule has 2 aromatic heterocycles. The molecular weight excluding hydrogens is 411 g/mol. The first-order chi connectivity index (χ1) is 14.0. The van der Waals surface area contributed by atoms with E-state index in [1.807, 2.05) is 15.5 Å². The molecule has 5 rings (SSSR count). The zero-order valence-electron chi connectivity index (χ0n) is 15.5. The smallest absolute Gasteiger partial charge is 0.289 e. The van der Waals surface area contributed by atoms with Gasteiger partial charge >= 0.3 is 0 Å². The first kappa shape index (κ1) is 18.5. The van der Waals surface area contributed by atoms with Crippen LogP contribution in [-0.4, -0.2) is 28.5 Å². The number of hydrogen-bond acceptors (Lipinski definition) is 3. The average molecular weight is 429 g/mol. The van der Waals surface area contributed by atoms with Gasteiger partial charge in [0.15, 0.2) is 5.76 Å². The van der Waals surface area contributed by atoms with E-state index >= 15 is 0 Å². The van der Waals surface area contributed by atoms with Gasteiger partial charge in [0.05, 0.1) is 15.6 Å². The van der Waals surface area contributed by atoms with Crippen LogP contribution in [0.3, 0.4) is 0 Å². The van der Waals surface area contributed by atoms with Gasteiger partial charge in [0, 0.05) is 37.3 Å². The fourth-order valence-corrected chi connectivity index (χ4v) is 5.12. The van der Waals surface area contributed by atoms with Crippen molar-refractivity contribution in [3.63, 3.8) is 0 Å². The number of nitrogens with zero attached hydrogens (tertiary/aromatic N) is 2. The minimum Gasteiger partial charge on any atom is -0.451 e. The van der Waals surface area contributed by atoms with Crippen molar-refractivity contribution in [2.24, 2.45) is 5.92 Å². The van der Waals surface area contributed by atoms with E-state index in [1.165, 1.54) is 0 Å². The predicted molar refractivity (Wildman–Crippen MR) is 112 cm³/mol. The summed E-state index contributed by atoms with van der Waals surface area (Å²) in [6, 6.07) is 14.0. The Bertz CT molecular complexity index is 1150. The minimum atomic E-state index is -0.152. The number of halogens is 2. The Kier molecular flexibility index (Phi) is 4.52. The second kappa shape index (κ2) is 7.08. The van der Waals surface area contributed by atoms with E-state index in [-0.39, 0.29) is 29.1 Å². The maximum Gasteiger partial charge on any atom is 0.289 e. The van der Waals surface area contributed by atoms with Crippen molar-refractivity contribution in [3.8, 4) is 11.3 Å². The summed E-state index contributed by atoms with van der Waals surface area (Å²) >= 11 is 12.5. The Hall–Kier alpha value is -2.50. The number of carbonyl (C=O) groups excluding carboxylic acids is 1. The third-order valence-electron chi connectivity index (χ3n) is 5.79. The number of piperidine rings is 1. The van der Waals surface area contributed by atoms with Crippen LogP contribution >= 0.6 is 23.2 Å². The summed E-state index contributed by atoms with van der Waals surface area (Å²) in [4.78, 5) is 27.1. The molecule has 3 aromatic rings. The Balaban J connectivity index is 1.42. The molecule has 7 heteroatoms. The Morgan fingerprint density at radius 1 is 0.966 bits per heavy atom. The molecule has 0 saturated carbocycles. The summed E-state index contributed by atoms with van der Waals surface area (Å²) in [5.74, 6) is 1.01. The van der Waals surface area contributed by atoms with Gasteiger partial charge < -0.3 is 13.9 Å². The molecule has 1 aromatic carbocycles. The molecular formula is C22H18Cl2N2O3. The lowest BCUT2D eigenvalue weighted by atomic mass is 9.83. The second-order valence-electron chi connectivity index (χ2n) is 7.67. The Morgan fingerprint density at radius 2 is 1.72 bits per heavy atom. The quantitative estimate of drug-likeness (QED) is 0.595. The zero-order valence-corrected chi connectivity index (χ0v) is 17.0. The highest BCUT2D eigenvalue weighted by molar-refractivity contribution is 6.39. The molecule has 2 atom stereocenters. The van der Waals surface area contributed by atoms with Gasteiger partial charge in [0.1, 0.15) is 5.76 Å². The van der Waals surface area contributed by atoms with Crippen LogP contribution in [0, 0.1) is 5.92 Å². The van der Waals surface area contributed by atoms with E-state index in [4.69, 9.17) is 27.6 Å². The van der Waals surface area contributed by atoms with Crippen LogP contribution in [0.2, 0.25) is 10.0 Å². The molecule has 1 saturated heterocycles. The van der Waals surface area contributed by atoms with Crippen molar-refractivity contribution >= 4 is 29.1 Å². The normalized spacial score (nSPS) is 20.4. The standard InChI is InChI=1S/C22H18Cl2N2O3/c23-15-3-1-4-16(24)21(15)18-7-8-19(29-18)22(28)25-10-13-9-14(12-25)17-5-2-6-20(27)26(17)11-13/h1-8,13-14H,9-12H2/t13-,14-/m1/s1. The first-order valence-electron chi connectivity index (χ1n) is 9.54. The number of benzene rings is 1. The fraction of sp³-hybridized carbons (Fsp3) is 0.273. The van der Waals surface area contributed by atoms with Crippen LogP contribution in [0.4, 0.5) is 0 Å². The van der Waals surface area contributed by atoms with E-state index in [0.717, 1.165) is 12.1 Å². The molecule has 2 bridgehead atoms. The molecule has 0 N–H and O–H groups in total. The number of pyridine rings is 1. The molecule has 2 aliphatic rings. The lowest BCUT2D eigenvalue weighted by molar-refractivity contribution is 0.0564. The van der Waals surface area contributed by atoms with Gasteiger partial charge in [0.25, 0.3) is 11.5 Å². The van der Waals surface area contributed by atoms with Gasteiger partial charge in [-0.05, 0) is 42.7 Å². The molecule has 0 spiro atoms. The summed E-state index contributed by atoms with van der Waals surface area (Å²) in [6.45, 7) is 1.83. The van der Waals surface area contributed by atoms with Gasteiger partial charge in [-0.2, -0.15) is 0 Å². The highest BCUT2D eigenvalue weighted by Crippen LogP contribution is 2.38. The summed E-state index contributed by atoms with van der Waals surface area (Å²) in [6.07, 6.45) is 0.992. The molecule has 4 heterocycles.